The molecule has 40 heavy (non-hydrogen) atoms. The maximum absolute atomic E-state index is 11.8. The molecule has 1 aliphatic carbocycles. The van der Waals surface area contributed by atoms with Crippen molar-refractivity contribution >= 4 is 11.9 Å². The van der Waals surface area contributed by atoms with Gasteiger partial charge in [-0.1, -0.05) is 122 Å². The van der Waals surface area contributed by atoms with Crippen LogP contribution in [0.2, 0.25) is 0 Å². The Labute approximate surface area is 245 Å². The Bertz CT molecular complexity index is 972. The van der Waals surface area contributed by atoms with Gasteiger partial charge in [-0.15, -0.1) is 0 Å². The Hall–Kier alpha value is -3.14. The van der Waals surface area contributed by atoms with E-state index in [-0.39, 0.29) is 17.5 Å². The van der Waals surface area contributed by atoms with E-state index >= 15 is 0 Å². The molecule has 0 radical (unpaired) electrons. The molecule has 0 aliphatic heterocycles. The van der Waals surface area contributed by atoms with Gasteiger partial charge in [0, 0.05) is 17.6 Å². The summed E-state index contributed by atoms with van der Waals surface area (Å²) in [5.41, 5.74) is 2.26. The first kappa shape index (κ1) is 39.0. The minimum absolute atomic E-state index is 0.257. The van der Waals surface area contributed by atoms with E-state index in [0.29, 0.717) is 11.1 Å². The van der Waals surface area contributed by atoms with Gasteiger partial charge < -0.3 is 9.47 Å². The molecule has 0 amide bonds. The minimum Gasteiger partial charge on any atom is -0.455 e. The molecule has 1 unspecified atom stereocenters. The van der Waals surface area contributed by atoms with Gasteiger partial charge >= 0.3 is 11.9 Å². The third-order valence-electron chi connectivity index (χ3n) is 6.27. The van der Waals surface area contributed by atoms with Gasteiger partial charge in [0.25, 0.3) is 0 Å². The van der Waals surface area contributed by atoms with Gasteiger partial charge in [-0.3, -0.25) is 0 Å². The maximum atomic E-state index is 11.8. The molecular weight excluding hydrogens is 496 g/mol. The lowest BCUT2D eigenvalue weighted by molar-refractivity contribution is -0.155. The molecule has 0 aromatic heterocycles. The van der Waals surface area contributed by atoms with Gasteiger partial charge in [0.05, 0.1) is 0 Å². The summed E-state index contributed by atoms with van der Waals surface area (Å²) < 4.78 is 11.2. The fourth-order valence-corrected chi connectivity index (χ4v) is 4.00. The molecule has 4 heteroatoms. The van der Waals surface area contributed by atoms with Gasteiger partial charge in [0.2, 0.25) is 0 Å². The summed E-state index contributed by atoms with van der Waals surface area (Å²) in [7, 11) is 0. The van der Waals surface area contributed by atoms with Crippen LogP contribution < -0.4 is 0 Å². The topological polar surface area (TPSA) is 52.6 Å². The van der Waals surface area contributed by atoms with E-state index in [1.807, 2.05) is 104 Å². The number of hydrogen-bond acceptors (Lipinski definition) is 4. The number of carbonyl (C=O) groups excluding carboxylic acids is 2. The molecule has 0 spiro atoms. The van der Waals surface area contributed by atoms with Crippen molar-refractivity contribution in [3.8, 4) is 0 Å². The lowest BCUT2D eigenvalue weighted by atomic mass is 9.92. The van der Waals surface area contributed by atoms with Gasteiger partial charge in [-0.05, 0) is 64.0 Å². The Morgan fingerprint density at radius 1 is 0.775 bits per heavy atom. The predicted molar refractivity (Wildman–Crippen MR) is 171 cm³/mol. The molecule has 2 aromatic rings. The first-order chi connectivity index (χ1) is 19.1. The van der Waals surface area contributed by atoms with Crippen LogP contribution in [0.15, 0.2) is 85.0 Å². The molecular formula is C36H56O4. The lowest BCUT2D eigenvalue weighted by Gasteiger charge is -2.29. The number of rotatable bonds is 8. The second-order valence-electron chi connectivity index (χ2n) is 9.34. The molecule has 1 fully saturated rings. The zero-order chi connectivity index (χ0) is 31.2. The zero-order valence-electron chi connectivity index (χ0n) is 27.1. The van der Waals surface area contributed by atoms with Crippen LogP contribution in [0.1, 0.15) is 112 Å². The van der Waals surface area contributed by atoms with E-state index in [2.05, 4.69) is 25.3 Å². The van der Waals surface area contributed by atoms with E-state index in [4.69, 9.17) is 9.47 Å². The largest absolute Gasteiger partial charge is 0.455 e. The van der Waals surface area contributed by atoms with Crippen molar-refractivity contribution in [1.82, 2.24) is 0 Å². The van der Waals surface area contributed by atoms with E-state index in [1.165, 1.54) is 5.56 Å². The molecule has 4 nitrogen and oxygen atoms in total. The van der Waals surface area contributed by atoms with Crippen molar-refractivity contribution in [2.75, 3.05) is 0 Å². The zero-order valence-corrected chi connectivity index (χ0v) is 27.1. The smallest absolute Gasteiger partial charge is 0.333 e. The SMILES string of the molecule is C=C(C)C(=O)OC(C)(CC)c1ccccc1.C=C(C)C(=O)OC1(Cc2ccccc2)CCCC1.CC.CC.CC. The van der Waals surface area contributed by atoms with E-state index in [0.717, 1.165) is 44.1 Å². The van der Waals surface area contributed by atoms with Crippen LogP contribution in [0.25, 0.3) is 0 Å². The molecule has 0 bridgehead atoms. The second-order valence-corrected chi connectivity index (χ2v) is 9.34. The van der Waals surface area contributed by atoms with Crippen LogP contribution >= 0.6 is 0 Å². The highest BCUT2D eigenvalue weighted by Gasteiger charge is 2.37. The molecule has 1 saturated carbocycles. The summed E-state index contributed by atoms with van der Waals surface area (Å²) >= 11 is 0. The summed E-state index contributed by atoms with van der Waals surface area (Å²) in [6.07, 6.45) is 5.73. The van der Waals surface area contributed by atoms with Gasteiger partial charge in [0.15, 0.2) is 0 Å². The van der Waals surface area contributed by atoms with Crippen LogP contribution in [-0.4, -0.2) is 17.5 Å². The first-order valence-corrected chi connectivity index (χ1v) is 15.0. The molecule has 0 saturated heterocycles. The highest BCUT2D eigenvalue weighted by molar-refractivity contribution is 5.87. The summed E-state index contributed by atoms with van der Waals surface area (Å²) in [4.78, 5) is 23.3. The molecule has 0 N–H and O–H groups in total. The number of esters is 2. The molecule has 1 aliphatic rings. The highest BCUT2D eigenvalue weighted by atomic mass is 16.6. The van der Waals surface area contributed by atoms with E-state index < -0.39 is 5.60 Å². The third-order valence-corrected chi connectivity index (χ3v) is 6.27. The van der Waals surface area contributed by atoms with Crippen molar-refractivity contribution in [3.05, 3.63) is 96.1 Å². The number of benzene rings is 2. The van der Waals surface area contributed by atoms with E-state index in [9.17, 15) is 9.59 Å². The summed E-state index contributed by atoms with van der Waals surface area (Å²) in [6.45, 7) is 26.5. The number of ether oxygens (including phenoxy) is 2. The van der Waals surface area contributed by atoms with Crippen molar-refractivity contribution in [2.24, 2.45) is 0 Å². The predicted octanol–water partition coefficient (Wildman–Crippen LogP) is 10.2. The third kappa shape index (κ3) is 13.8. The fourth-order valence-electron chi connectivity index (χ4n) is 4.00. The summed E-state index contributed by atoms with van der Waals surface area (Å²) in [5.74, 6) is -0.596. The van der Waals surface area contributed by atoms with Crippen LogP contribution in [0.4, 0.5) is 0 Å². The molecule has 2 aromatic carbocycles. The average molecular weight is 553 g/mol. The standard InChI is InChI=1S/C16H20O2.C14H18O2.3C2H6/c1-13(2)15(17)18-16(10-6-7-11-16)12-14-8-4-3-5-9-14;1-5-14(4,16-13(15)11(2)3)12-9-7-6-8-10-12;3*1-2/h3-5,8-9H,1,6-7,10-12H2,2H3;6-10H,2,5H2,1,3-4H3;3*1-2H3. The van der Waals surface area contributed by atoms with Crippen molar-refractivity contribution in [2.45, 2.75) is 119 Å². The van der Waals surface area contributed by atoms with Crippen molar-refractivity contribution < 1.29 is 19.1 Å². The van der Waals surface area contributed by atoms with Gasteiger partial charge in [-0.2, -0.15) is 0 Å². The minimum atomic E-state index is -0.572. The van der Waals surface area contributed by atoms with Gasteiger partial charge in [0.1, 0.15) is 11.2 Å². The maximum Gasteiger partial charge on any atom is 0.333 e. The van der Waals surface area contributed by atoms with Crippen molar-refractivity contribution in [3.63, 3.8) is 0 Å². The fraction of sp³-hybridized carbons (Fsp3) is 0.500. The molecule has 1 atom stereocenters. The number of carbonyl (C=O) groups is 2. The van der Waals surface area contributed by atoms with Gasteiger partial charge in [-0.25, -0.2) is 9.59 Å². The monoisotopic (exact) mass is 552 g/mol. The number of hydrogen-bond donors (Lipinski definition) is 0. The Kier molecular flexibility index (Phi) is 21.1. The highest BCUT2D eigenvalue weighted by Crippen LogP contribution is 2.36. The summed E-state index contributed by atoms with van der Waals surface area (Å²) in [5, 5.41) is 0. The Morgan fingerprint density at radius 2 is 1.20 bits per heavy atom. The molecule has 3 rings (SSSR count). The normalized spacial score (nSPS) is 13.8. The Morgan fingerprint density at radius 3 is 1.60 bits per heavy atom. The van der Waals surface area contributed by atoms with Crippen LogP contribution in [0, 0.1) is 0 Å². The van der Waals surface area contributed by atoms with Crippen LogP contribution in [0.3, 0.4) is 0 Å². The second kappa shape index (κ2) is 21.7. The first-order valence-electron chi connectivity index (χ1n) is 15.0. The molecule has 224 valence electrons. The van der Waals surface area contributed by atoms with Crippen LogP contribution in [0.5, 0.6) is 0 Å². The quantitative estimate of drug-likeness (QED) is 0.241. The van der Waals surface area contributed by atoms with Crippen molar-refractivity contribution in [1.29, 1.82) is 0 Å². The van der Waals surface area contributed by atoms with E-state index in [1.54, 1.807) is 13.8 Å². The Balaban J connectivity index is 0. The average Bonchev–Trinajstić information content (AvgIpc) is 3.45. The summed E-state index contributed by atoms with van der Waals surface area (Å²) in [6, 6.07) is 20.0. The lowest BCUT2D eigenvalue weighted by Crippen LogP contribution is -2.34. The molecule has 0 heterocycles. The van der Waals surface area contributed by atoms with Crippen LogP contribution in [-0.2, 0) is 31.1 Å².